The van der Waals surface area contributed by atoms with Gasteiger partial charge in [0.25, 0.3) is 0 Å². The first-order valence-electron chi connectivity index (χ1n) is 8.51. The van der Waals surface area contributed by atoms with Gasteiger partial charge in [0.2, 0.25) is 10.0 Å². The van der Waals surface area contributed by atoms with Crippen molar-refractivity contribution in [1.29, 1.82) is 0 Å². The van der Waals surface area contributed by atoms with E-state index in [4.69, 9.17) is 9.47 Å². The van der Waals surface area contributed by atoms with E-state index in [1.165, 1.54) is 0 Å². The number of nitrogens with one attached hydrogen (secondary N) is 1. The Kier molecular flexibility index (Phi) is 5.85. The predicted octanol–water partition coefficient (Wildman–Crippen LogP) is 2.13. The summed E-state index contributed by atoms with van der Waals surface area (Å²) in [6.45, 7) is 2.60. The normalized spacial score (nSPS) is 20.7. The number of aryl methyl sites for hydroxylation is 1. The second-order valence-corrected chi connectivity index (χ2v) is 8.29. The van der Waals surface area contributed by atoms with Crippen molar-refractivity contribution in [2.24, 2.45) is 0 Å². The first-order chi connectivity index (χ1) is 12.5. The largest absolute Gasteiger partial charge is 0.497 e. The van der Waals surface area contributed by atoms with Gasteiger partial charge in [-0.05, 0) is 43.0 Å². The van der Waals surface area contributed by atoms with Crippen LogP contribution in [0.15, 0.2) is 36.7 Å². The fraction of sp³-hybridized carbons (Fsp3) is 0.444. The zero-order valence-corrected chi connectivity index (χ0v) is 15.7. The Bertz CT molecular complexity index is 823. The Morgan fingerprint density at radius 1 is 1.23 bits per heavy atom. The van der Waals surface area contributed by atoms with Crippen molar-refractivity contribution in [3.63, 3.8) is 0 Å². The molecule has 0 spiro atoms. The maximum Gasteiger partial charge on any atom is 0.217 e. The molecule has 0 saturated carbocycles. The maximum atomic E-state index is 12.9. The van der Waals surface area contributed by atoms with E-state index in [2.05, 4.69) is 14.7 Å². The molecule has 7 nitrogen and oxygen atoms in total. The number of rotatable bonds is 6. The van der Waals surface area contributed by atoms with Crippen molar-refractivity contribution < 1.29 is 17.9 Å². The molecular formula is C18H23N3O4S. The van der Waals surface area contributed by atoms with Gasteiger partial charge in [-0.25, -0.2) is 23.1 Å². The zero-order valence-electron chi connectivity index (χ0n) is 14.9. The summed E-state index contributed by atoms with van der Waals surface area (Å²) in [4.78, 5) is 8.52. The third-order valence-electron chi connectivity index (χ3n) is 4.36. The van der Waals surface area contributed by atoms with Crippen molar-refractivity contribution in [2.75, 3.05) is 13.7 Å². The highest BCUT2D eigenvalue weighted by Crippen LogP contribution is 2.31. The Hall–Kier alpha value is -2.03. The lowest BCUT2D eigenvalue weighted by Gasteiger charge is -2.30. The molecule has 140 valence electrons. The summed E-state index contributed by atoms with van der Waals surface area (Å²) in [7, 11) is -2.00. The van der Waals surface area contributed by atoms with Crippen molar-refractivity contribution in [1.82, 2.24) is 14.7 Å². The molecule has 0 bridgehead atoms. The number of hydrogen-bond acceptors (Lipinski definition) is 6. The van der Waals surface area contributed by atoms with Gasteiger partial charge >= 0.3 is 0 Å². The lowest BCUT2D eigenvalue weighted by Crippen LogP contribution is -2.41. The molecule has 1 saturated heterocycles. The smallest absolute Gasteiger partial charge is 0.217 e. The summed E-state index contributed by atoms with van der Waals surface area (Å²) in [5, 5.41) is -0.711. The number of benzene rings is 1. The van der Waals surface area contributed by atoms with Crippen LogP contribution in [0.4, 0.5) is 0 Å². The van der Waals surface area contributed by atoms with E-state index in [1.807, 2.05) is 19.1 Å². The van der Waals surface area contributed by atoms with Crippen molar-refractivity contribution in [3.8, 4) is 5.75 Å². The van der Waals surface area contributed by atoms with Gasteiger partial charge in [-0.1, -0.05) is 12.1 Å². The van der Waals surface area contributed by atoms with Crippen LogP contribution in [0.25, 0.3) is 0 Å². The Morgan fingerprint density at radius 3 is 2.58 bits per heavy atom. The minimum absolute atomic E-state index is 0.213. The van der Waals surface area contributed by atoms with Crippen LogP contribution in [0.1, 0.15) is 35.9 Å². The quantitative estimate of drug-likeness (QED) is 0.829. The molecule has 2 aromatic rings. The Labute approximate surface area is 153 Å². The number of aromatic nitrogens is 2. The van der Waals surface area contributed by atoms with Crippen molar-refractivity contribution in [2.45, 2.75) is 37.7 Å². The van der Waals surface area contributed by atoms with Crippen LogP contribution in [0.3, 0.4) is 0 Å². The molecule has 1 aliphatic heterocycles. The van der Waals surface area contributed by atoms with Crippen LogP contribution in [-0.4, -0.2) is 37.4 Å². The van der Waals surface area contributed by atoms with Crippen LogP contribution in [0, 0.1) is 6.92 Å². The van der Waals surface area contributed by atoms with Gasteiger partial charge in [0.05, 0.1) is 7.11 Å². The molecule has 2 atom stereocenters. The van der Waals surface area contributed by atoms with Crippen molar-refractivity contribution in [3.05, 3.63) is 53.6 Å². The topological polar surface area (TPSA) is 90.4 Å². The molecular weight excluding hydrogens is 354 g/mol. The molecule has 1 aromatic heterocycles. The molecule has 1 aliphatic rings. The second kappa shape index (κ2) is 8.11. The van der Waals surface area contributed by atoms with Crippen LogP contribution >= 0.6 is 0 Å². The average molecular weight is 377 g/mol. The molecule has 3 rings (SSSR count). The van der Waals surface area contributed by atoms with E-state index >= 15 is 0 Å². The van der Waals surface area contributed by atoms with E-state index in [0.717, 1.165) is 16.9 Å². The molecule has 1 aromatic carbocycles. The summed E-state index contributed by atoms with van der Waals surface area (Å²) >= 11 is 0. The van der Waals surface area contributed by atoms with E-state index in [9.17, 15) is 8.42 Å². The third-order valence-corrected chi connectivity index (χ3v) is 6.19. The van der Waals surface area contributed by atoms with Gasteiger partial charge in [0, 0.05) is 25.5 Å². The van der Waals surface area contributed by atoms with Gasteiger partial charge in [-0.15, -0.1) is 0 Å². The fourth-order valence-electron chi connectivity index (χ4n) is 2.90. The van der Waals surface area contributed by atoms with E-state index in [1.54, 1.807) is 31.6 Å². The van der Waals surface area contributed by atoms with Gasteiger partial charge in [0.15, 0.2) is 5.82 Å². The van der Waals surface area contributed by atoms with Crippen LogP contribution in [0.5, 0.6) is 5.75 Å². The van der Waals surface area contributed by atoms with Crippen LogP contribution in [-0.2, 0) is 21.3 Å². The van der Waals surface area contributed by atoms with Gasteiger partial charge in [-0.3, -0.25) is 0 Å². The zero-order chi connectivity index (χ0) is 18.6. The van der Waals surface area contributed by atoms with E-state index < -0.39 is 21.4 Å². The molecule has 8 heteroatoms. The highest BCUT2D eigenvalue weighted by Gasteiger charge is 2.38. The molecule has 0 amide bonds. The minimum atomic E-state index is -3.59. The Balaban J connectivity index is 1.73. The van der Waals surface area contributed by atoms with Gasteiger partial charge < -0.3 is 9.47 Å². The fourth-order valence-corrected chi connectivity index (χ4v) is 4.48. The highest BCUT2D eigenvalue weighted by atomic mass is 32.2. The molecule has 2 heterocycles. The summed E-state index contributed by atoms with van der Waals surface area (Å²) in [6.07, 6.45) is 3.90. The highest BCUT2D eigenvalue weighted by molar-refractivity contribution is 7.90. The minimum Gasteiger partial charge on any atom is -0.497 e. The van der Waals surface area contributed by atoms with Gasteiger partial charge in [-0.2, -0.15) is 0 Å². The van der Waals surface area contributed by atoms with Crippen molar-refractivity contribution >= 4 is 10.0 Å². The average Bonchev–Trinajstić information content (AvgIpc) is 2.67. The first kappa shape index (κ1) is 18.8. The SMILES string of the molecule is COc1ccc(CNS(=O)(=O)[C@@H]2CCCO[C@H]2c2ncc(C)cn2)cc1. The number of ether oxygens (including phenoxy) is 2. The summed E-state index contributed by atoms with van der Waals surface area (Å²) < 4.78 is 39.2. The standard InChI is InChI=1S/C18H23N3O4S/c1-13-10-19-18(20-11-13)17-16(4-3-9-25-17)26(22,23)21-12-14-5-7-15(24-2)8-6-14/h5-8,10-11,16-17,21H,3-4,9,12H2,1-2H3/t16-,17-/m1/s1. The molecule has 26 heavy (non-hydrogen) atoms. The molecule has 0 unspecified atom stereocenters. The molecule has 1 N–H and O–H groups in total. The summed E-state index contributed by atoms with van der Waals surface area (Å²) in [5.41, 5.74) is 1.77. The molecule has 1 fully saturated rings. The summed E-state index contributed by atoms with van der Waals surface area (Å²) in [5.74, 6) is 1.14. The van der Waals surface area contributed by atoms with Gasteiger partial charge in [0.1, 0.15) is 17.1 Å². The Morgan fingerprint density at radius 2 is 1.92 bits per heavy atom. The second-order valence-electron chi connectivity index (χ2n) is 6.30. The number of nitrogens with zero attached hydrogens (tertiary/aromatic N) is 2. The monoisotopic (exact) mass is 377 g/mol. The lowest BCUT2D eigenvalue weighted by atomic mass is 10.1. The lowest BCUT2D eigenvalue weighted by molar-refractivity contribution is 0.0122. The number of hydrogen-bond donors (Lipinski definition) is 1. The predicted molar refractivity (Wildman–Crippen MR) is 97.2 cm³/mol. The van der Waals surface area contributed by atoms with Crippen LogP contribution in [0.2, 0.25) is 0 Å². The maximum absolute atomic E-state index is 12.9. The van der Waals surface area contributed by atoms with E-state index in [-0.39, 0.29) is 6.54 Å². The summed E-state index contributed by atoms with van der Waals surface area (Å²) in [6, 6.07) is 7.27. The molecule has 0 radical (unpaired) electrons. The van der Waals surface area contributed by atoms with Crippen LogP contribution < -0.4 is 9.46 Å². The number of sulfonamides is 1. The molecule has 0 aliphatic carbocycles. The van der Waals surface area contributed by atoms with E-state index in [0.29, 0.717) is 25.3 Å². The first-order valence-corrected chi connectivity index (χ1v) is 10.1. The third kappa shape index (κ3) is 4.38. The number of methoxy groups -OCH3 is 1.